The highest BCUT2D eigenvalue weighted by Gasteiger charge is 2.32. The molecule has 2 amide bonds. The minimum absolute atomic E-state index is 0.0761. The molecule has 1 atom stereocenters. The van der Waals surface area contributed by atoms with Gasteiger partial charge in [0.1, 0.15) is 5.82 Å². The summed E-state index contributed by atoms with van der Waals surface area (Å²) in [5, 5.41) is 11.0. The van der Waals surface area contributed by atoms with Crippen molar-refractivity contribution in [3.05, 3.63) is 70.7 Å². The summed E-state index contributed by atoms with van der Waals surface area (Å²) in [7, 11) is 0. The third-order valence-electron chi connectivity index (χ3n) is 5.09. The number of aromatic nitrogens is 3. The molecule has 4 rings (SSSR count). The Morgan fingerprint density at radius 3 is 2.65 bits per heavy atom. The van der Waals surface area contributed by atoms with Gasteiger partial charge in [-0.2, -0.15) is 4.98 Å². The minimum atomic E-state index is -0.792. The average Bonchev–Trinajstić information content (AvgIpc) is 3.07. The fourth-order valence-corrected chi connectivity index (χ4v) is 3.72. The van der Waals surface area contributed by atoms with E-state index >= 15 is 0 Å². The van der Waals surface area contributed by atoms with Crippen LogP contribution in [0.4, 0.5) is 21.8 Å². The SMILES string of the molecule is CC1Cc2c(C(N)=O)cccc2N1c1nnc(C(N)=O)c(NCc2cccc(F)c2)n1. The van der Waals surface area contributed by atoms with Crippen LogP contribution < -0.4 is 21.7 Å². The molecule has 0 bridgehead atoms. The standard InChI is InChI=1S/C21H20FN7O2/c1-11-8-15-14(18(23)30)6-3-7-16(15)29(11)21-26-20(17(19(24)31)27-28-21)25-10-12-4-2-5-13(22)9-12/h2-7,9,11H,8,10H2,1H3,(H2,23,30)(H2,24,31)(H,25,26,28). The summed E-state index contributed by atoms with van der Waals surface area (Å²) in [6, 6.07) is 11.2. The average molecular weight is 421 g/mol. The van der Waals surface area contributed by atoms with E-state index in [9.17, 15) is 14.0 Å². The molecule has 9 nitrogen and oxygen atoms in total. The lowest BCUT2D eigenvalue weighted by molar-refractivity contribution is 0.0988. The Kier molecular flexibility index (Phi) is 5.20. The largest absolute Gasteiger partial charge is 0.366 e. The number of amides is 2. The van der Waals surface area contributed by atoms with Crippen molar-refractivity contribution in [2.75, 3.05) is 10.2 Å². The summed E-state index contributed by atoms with van der Waals surface area (Å²) in [6.07, 6.45) is 0.571. The number of carbonyl (C=O) groups excluding carboxylic acids is 2. The highest BCUT2D eigenvalue weighted by molar-refractivity contribution is 5.97. The van der Waals surface area contributed by atoms with Crippen molar-refractivity contribution < 1.29 is 14.0 Å². The number of nitrogens with two attached hydrogens (primary N) is 2. The van der Waals surface area contributed by atoms with E-state index in [0.717, 1.165) is 11.3 Å². The molecule has 0 spiro atoms. The fraction of sp³-hybridized carbons (Fsp3) is 0.190. The fourth-order valence-electron chi connectivity index (χ4n) is 3.72. The van der Waals surface area contributed by atoms with E-state index < -0.39 is 11.8 Å². The first-order valence-electron chi connectivity index (χ1n) is 9.59. The van der Waals surface area contributed by atoms with Gasteiger partial charge in [-0.15, -0.1) is 10.2 Å². The predicted octanol–water partition coefficient (Wildman–Crippen LogP) is 1.90. The summed E-state index contributed by atoms with van der Waals surface area (Å²) in [5.74, 6) is -1.30. The Balaban J connectivity index is 1.70. The number of nitrogens with zero attached hydrogens (tertiary/aromatic N) is 4. The maximum absolute atomic E-state index is 13.5. The molecule has 31 heavy (non-hydrogen) atoms. The highest BCUT2D eigenvalue weighted by Crippen LogP contribution is 2.38. The molecule has 2 aromatic carbocycles. The molecular formula is C21H20FN7O2. The molecule has 0 saturated heterocycles. The van der Waals surface area contributed by atoms with Crippen LogP contribution in [0.25, 0.3) is 0 Å². The van der Waals surface area contributed by atoms with Gasteiger partial charge >= 0.3 is 0 Å². The highest BCUT2D eigenvalue weighted by atomic mass is 19.1. The number of carbonyl (C=O) groups is 2. The molecule has 158 valence electrons. The Bertz CT molecular complexity index is 1180. The summed E-state index contributed by atoms with van der Waals surface area (Å²) in [4.78, 5) is 29.9. The Hall–Kier alpha value is -4.08. The summed E-state index contributed by atoms with van der Waals surface area (Å²) in [5.41, 5.74) is 13.5. The number of hydrogen-bond donors (Lipinski definition) is 3. The van der Waals surface area contributed by atoms with Crippen molar-refractivity contribution in [1.82, 2.24) is 15.2 Å². The van der Waals surface area contributed by atoms with Crippen LogP contribution in [0.1, 0.15) is 38.9 Å². The Labute approximate surface area is 177 Å². The Morgan fingerprint density at radius 2 is 1.94 bits per heavy atom. The number of anilines is 3. The first kappa shape index (κ1) is 20.2. The summed E-state index contributed by atoms with van der Waals surface area (Å²) in [6.45, 7) is 2.16. The van der Waals surface area contributed by atoms with Gasteiger partial charge in [0.05, 0.1) is 0 Å². The molecule has 1 aliphatic rings. The van der Waals surface area contributed by atoms with E-state index in [0.29, 0.717) is 17.5 Å². The second kappa shape index (κ2) is 7.98. The second-order valence-corrected chi connectivity index (χ2v) is 7.25. The van der Waals surface area contributed by atoms with Crippen LogP contribution in [0.2, 0.25) is 0 Å². The van der Waals surface area contributed by atoms with E-state index in [2.05, 4.69) is 20.5 Å². The van der Waals surface area contributed by atoms with Crippen LogP contribution in [0.15, 0.2) is 42.5 Å². The second-order valence-electron chi connectivity index (χ2n) is 7.25. The number of halogens is 1. The van der Waals surface area contributed by atoms with Gasteiger partial charge in [0.2, 0.25) is 5.91 Å². The van der Waals surface area contributed by atoms with E-state index in [1.54, 1.807) is 24.3 Å². The first-order valence-corrected chi connectivity index (χ1v) is 9.59. The lowest BCUT2D eigenvalue weighted by Crippen LogP contribution is -2.28. The van der Waals surface area contributed by atoms with Gasteiger partial charge in [-0.25, -0.2) is 4.39 Å². The van der Waals surface area contributed by atoms with Crippen molar-refractivity contribution >= 4 is 29.3 Å². The molecule has 0 aliphatic carbocycles. The number of rotatable bonds is 6. The third-order valence-corrected chi connectivity index (χ3v) is 5.09. The van der Waals surface area contributed by atoms with Crippen LogP contribution in [-0.4, -0.2) is 33.0 Å². The summed E-state index contributed by atoms with van der Waals surface area (Å²) >= 11 is 0. The van der Waals surface area contributed by atoms with Crippen LogP contribution in [0.5, 0.6) is 0 Å². The van der Waals surface area contributed by atoms with Gasteiger partial charge in [0.25, 0.3) is 11.9 Å². The van der Waals surface area contributed by atoms with Gasteiger partial charge < -0.3 is 21.7 Å². The van der Waals surface area contributed by atoms with Gasteiger partial charge in [-0.05, 0) is 48.7 Å². The van der Waals surface area contributed by atoms with E-state index in [4.69, 9.17) is 11.5 Å². The molecule has 0 fully saturated rings. The van der Waals surface area contributed by atoms with Crippen molar-refractivity contribution in [2.45, 2.75) is 25.9 Å². The Morgan fingerprint density at radius 1 is 1.16 bits per heavy atom. The van der Waals surface area contributed by atoms with Gasteiger partial charge in [-0.1, -0.05) is 18.2 Å². The smallest absolute Gasteiger partial charge is 0.273 e. The monoisotopic (exact) mass is 421 g/mol. The van der Waals surface area contributed by atoms with Gasteiger partial charge in [-0.3, -0.25) is 9.59 Å². The third kappa shape index (κ3) is 3.87. The molecule has 1 aromatic heterocycles. The van der Waals surface area contributed by atoms with E-state index in [1.807, 2.05) is 17.9 Å². The van der Waals surface area contributed by atoms with E-state index in [-0.39, 0.29) is 35.9 Å². The number of nitrogens with one attached hydrogen (secondary N) is 1. The first-order chi connectivity index (χ1) is 14.8. The van der Waals surface area contributed by atoms with Crippen LogP contribution in [-0.2, 0) is 13.0 Å². The van der Waals surface area contributed by atoms with Crippen molar-refractivity contribution in [3.8, 4) is 0 Å². The molecule has 0 saturated carbocycles. The number of benzene rings is 2. The zero-order valence-corrected chi connectivity index (χ0v) is 16.7. The molecule has 0 radical (unpaired) electrons. The maximum atomic E-state index is 13.5. The molecular weight excluding hydrogens is 401 g/mol. The van der Waals surface area contributed by atoms with Gasteiger partial charge in [0, 0.05) is 23.8 Å². The zero-order valence-electron chi connectivity index (χ0n) is 16.7. The molecule has 3 aromatic rings. The molecule has 10 heteroatoms. The van der Waals surface area contributed by atoms with Crippen LogP contribution in [0.3, 0.4) is 0 Å². The van der Waals surface area contributed by atoms with Crippen molar-refractivity contribution in [3.63, 3.8) is 0 Å². The quantitative estimate of drug-likeness (QED) is 0.552. The topological polar surface area (TPSA) is 140 Å². The molecule has 1 aliphatic heterocycles. The predicted molar refractivity (Wildman–Crippen MR) is 112 cm³/mol. The van der Waals surface area contributed by atoms with Crippen LogP contribution in [0, 0.1) is 5.82 Å². The van der Waals surface area contributed by atoms with E-state index in [1.165, 1.54) is 12.1 Å². The number of primary amides is 2. The van der Waals surface area contributed by atoms with Crippen molar-refractivity contribution in [2.24, 2.45) is 11.5 Å². The number of fused-ring (bicyclic) bond motifs is 1. The van der Waals surface area contributed by atoms with Gasteiger partial charge in [0.15, 0.2) is 11.5 Å². The van der Waals surface area contributed by atoms with Crippen LogP contribution >= 0.6 is 0 Å². The lowest BCUT2D eigenvalue weighted by Gasteiger charge is -2.23. The zero-order chi connectivity index (χ0) is 22.1. The normalized spacial score (nSPS) is 14.9. The number of hydrogen-bond acceptors (Lipinski definition) is 7. The lowest BCUT2D eigenvalue weighted by atomic mass is 10.0. The molecule has 2 heterocycles. The minimum Gasteiger partial charge on any atom is -0.366 e. The molecule has 1 unspecified atom stereocenters. The maximum Gasteiger partial charge on any atom is 0.273 e. The molecule has 5 N–H and O–H groups in total. The summed E-state index contributed by atoms with van der Waals surface area (Å²) < 4.78 is 13.5. The van der Waals surface area contributed by atoms with Crippen molar-refractivity contribution in [1.29, 1.82) is 0 Å².